The Labute approximate surface area is 61.5 Å². The van der Waals surface area contributed by atoms with Crippen LogP contribution in [0, 0.1) is 23.7 Å². The summed E-state index contributed by atoms with van der Waals surface area (Å²) in [6.07, 6.45) is 0. The Morgan fingerprint density at radius 1 is 0.900 bits per heavy atom. The van der Waals surface area contributed by atoms with Crippen molar-refractivity contribution in [1.29, 1.82) is 0 Å². The summed E-state index contributed by atoms with van der Waals surface area (Å²) in [5.41, 5.74) is 0. The minimum Gasteiger partial charge on any atom is -0.372 e. The molecule has 0 aliphatic heterocycles. The van der Waals surface area contributed by atoms with E-state index >= 15 is 0 Å². The summed E-state index contributed by atoms with van der Waals surface area (Å²) < 4.78 is 9.35. The Bertz CT molecular complexity index is 153. The molecule has 0 heterocycles. The summed E-state index contributed by atoms with van der Waals surface area (Å²) in [6.45, 7) is 0.864. The molecule has 0 N–H and O–H groups in total. The second-order valence-electron chi connectivity index (χ2n) is 1.47. The van der Waals surface area contributed by atoms with Gasteiger partial charge in [0.05, 0.1) is 0 Å². The van der Waals surface area contributed by atoms with E-state index in [4.69, 9.17) is 0 Å². The zero-order chi connectivity index (χ0) is 7.66. The standard InChI is InChI=1S/C8H10O2/c1-9-7-5-3-4-6-8-10-2/h7-8H2,1-2H3. The second kappa shape index (κ2) is 8.04. The van der Waals surface area contributed by atoms with Gasteiger partial charge in [-0.05, 0) is 11.8 Å². The van der Waals surface area contributed by atoms with Crippen molar-refractivity contribution in [2.24, 2.45) is 0 Å². The van der Waals surface area contributed by atoms with E-state index in [9.17, 15) is 0 Å². The molecule has 0 unspecified atom stereocenters. The van der Waals surface area contributed by atoms with Gasteiger partial charge < -0.3 is 9.47 Å². The molecular formula is C8H10O2. The molecule has 0 amide bonds. The van der Waals surface area contributed by atoms with Gasteiger partial charge in [0.15, 0.2) is 0 Å². The van der Waals surface area contributed by atoms with Crippen LogP contribution in [0.5, 0.6) is 0 Å². The lowest BCUT2D eigenvalue weighted by Gasteiger charge is -1.79. The van der Waals surface area contributed by atoms with E-state index in [2.05, 4.69) is 33.2 Å². The summed E-state index contributed by atoms with van der Waals surface area (Å²) in [6, 6.07) is 0. The van der Waals surface area contributed by atoms with E-state index in [-0.39, 0.29) is 0 Å². The van der Waals surface area contributed by atoms with Crippen molar-refractivity contribution in [3.8, 4) is 23.7 Å². The van der Waals surface area contributed by atoms with Crippen LogP contribution >= 0.6 is 0 Å². The van der Waals surface area contributed by atoms with Gasteiger partial charge in [-0.25, -0.2) is 0 Å². The third-order valence-corrected chi connectivity index (χ3v) is 0.672. The average molecular weight is 138 g/mol. The number of hydrogen-bond donors (Lipinski definition) is 0. The molecule has 0 saturated carbocycles. The van der Waals surface area contributed by atoms with Crippen molar-refractivity contribution in [2.75, 3.05) is 27.4 Å². The number of methoxy groups -OCH3 is 2. The first-order chi connectivity index (χ1) is 4.91. The molecule has 0 atom stereocenters. The first-order valence-corrected chi connectivity index (χ1v) is 2.85. The molecule has 0 rings (SSSR count). The monoisotopic (exact) mass is 138 g/mol. The lowest BCUT2D eigenvalue weighted by atomic mass is 10.5. The second-order valence-corrected chi connectivity index (χ2v) is 1.47. The molecule has 0 bridgehead atoms. The van der Waals surface area contributed by atoms with Gasteiger partial charge in [0.1, 0.15) is 13.2 Å². The van der Waals surface area contributed by atoms with Crippen LogP contribution in [0.15, 0.2) is 0 Å². The molecule has 0 spiro atoms. The van der Waals surface area contributed by atoms with E-state index in [0.717, 1.165) is 0 Å². The predicted octanol–water partition coefficient (Wildman–Crippen LogP) is 0.286. The first-order valence-electron chi connectivity index (χ1n) is 2.85. The fraction of sp³-hybridized carbons (Fsp3) is 0.500. The molecule has 54 valence electrons. The van der Waals surface area contributed by atoms with Gasteiger partial charge >= 0.3 is 0 Å². The van der Waals surface area contributed by atoms with Crippen LogP contribution in [-0.4, -0.2) is 27.4 Å². The Hall–Kier alpha value is -0.960. The van der Waals surface area contributed by atoms with E-state index in [0.29, 0.717) is 13.2 Å². The van der Waals surface area contributed by atoms with Crippen LogP contribution in [0.1, 0.15) is 0 Å². The third-order valence-electron chi connectivity index (χ3n) is 0.672. The predicted molar refractivity (Wildman–Crippen MR) is 39.3 cm³/mol. The first kappa shape index (κ1) is 9.04. The quantitative estimate of drug-likeness (QED) is 0.510. The lowest BCUT2D eigenvalue weighted by Crippen LogP contribution is -1.81. The third kappa shape index (κ3) is 7.04. The molecule has 0 aliphatic rings. The smallest absolute Gasteiger partial charge is 0.108 e. The maximum absolute atomic E-state index is 4.68. The Balaban J connectivity index is 3.36. The van der Waals surface area contributed by atoms with Crippen molar-refractivity contribution >= 4 is 0 Å². The Morgan fingerprint density at radius 3 is 1.60 bits per heavy atom. The van der Waals surface area contributed by atoms with Crippen molar-refractivity contribution in [2.45, 2.75) is 0 Å². The molecule has 0 radical (unpaired) electrons. The van der Waals surface area contributed by atoms with Crippen molar-refractivity contribution in [3.05, 3.63) is 0 Å². The van der Waals surface area contributed by atoms with Gasteiger partial charge in [-0.3, -0.25) is 0 Å². The van der Waals surface area contributed by atoms with Gasteiger partial charge in [0.25, 0.3) is 0 Å². The molecule has 0 aromatic heterocycles. The Morgan fingerprint density at radius 2 is 1.30 bits per heavy atom. The summed E-state index contributed by atoms with van der Waals surface area (Å²) in [5, 5.41) is 0. The molecule has 10 heavy (non-hydrogen) atoms. The van der Waals surface area contributed by atoms with Crippen LogP contribution < -0.4 is 0 Å². The van der Waals surface area contributed by atoms with Crippen LogP contribution in [0.25, 0.3) is 0 Å². The largest absolute Gasteiger partial charge is 0.372 e. The zero-order valence-electron chi connectivity index (χ0n) is 6.23. The highest BCUT2D eigenvalue weighted by molar-refractivity contribution is 5.25. The molecule has 2 heteroatoms. The fourth-order valence-corrected chi connectivity index (χ4v) is 0.305. The number of rotatable bonds is 2. The normalized spacial score (nSPS) is 7.00. The molecule has 2 nitrogen and oxygen atoms in total. The van der Waals surface area contributed by atoms with Crippen LogP contribution in [0.3, 0.4) is 0 Å². The molecule has 0 fully saturated rings. The highest BCUT2D eigenvalue weighted by Crippen LogP contribution is 1.62. The molecular weight excluding hydrogens is 128 g/mol. The topological polar surface area (TPSA) is 18.5 Å². The average Bonchev–Trinajstić information content (AvgIpc) is 1.97. The van der Waals surface area contributed by atoms with Gasteiger partial charge in [0, 0.05) is 14.2 Å². The van der Waals surface area contributed by atoms with E-state index in [1.807, 2.05) is 0 Å². The maximum atomic E-state index is 4.68. The summed E-state index contributed by atoms with van der Waals surface area (Å²) >= 11 is 0. The SMILES string of the molecule is COCC#CC#CCOC. The highest BCUT2D eigenvalue weighted by atomic mass is 16.5. The molecule has 0 saturated heterocycles. The van der Waals surface area contributed by atoms with Crippen LogP contribution in [0.4, 0.5) is 0 Å². The van der Waals surface area contributed by atoms with Gasteiger partial charge in [-0.2, -0.15) is 0 Å². The van der Waals surface area contributed by atoms with E-state index in [1.54, 1.807) is 14.2 Å². The van der Waals surface area contributed by atoms with Crippen molar-refractivity contribution in [3.63, 3.8) is 0 Å². The minimum absolute atomic E-state index is 0.432. The number of ether oxygens (including phenoxy) is 2. The minimum atomic E-state index is 0.432. The summed E-state index contributed by atoms with van der Waals surface area (Å²) in [7, 11) is 3.19. The van der Waals surface area contributed by atoms with Crippen molar-refractivity contribution < 1.29 is 9.47 Å². The highest BCUT2D eigenvalue weighted by Gasteiger charge is 1.66. The van der Waals surface area contributed by atoms with Crippen molar-refractivity contribution in [1.82, 2.24) is 0 Å². The maximum Gasteiger partial charge on any atom is 0.108 e. The lowest BCUT2D eigenvalue weighted by molar-refractivity contribution is 0.239. The molecule has 0 aliphatic carbocycles. The van der Waals surface area contributed by atoms with Crippen LogP contribution in [0.2, 0.25) is 0 Å². The fourth-order valence-electron chi connectivity index (χ4n) is 0.305. The summed E-state index contributed by atoms with van der Waals surface area (Å²) in [5.74, 6) is 10.6. The van der Waals surface area contributed by atoms with E-state index < -0.39 is 0 Å². The van der Waals surface area contributed by atoms with E-state index in [1.165, 1.54) is 0 Å². The molecule has 0 aromatic carbocycles. The zero-order valence-corrected chi connectivity index (χ0v) is 6.23. The molecule has 0 aromatic rings. The number of hydrogen-bond acceptors (Lipinski definition) is 2. The van der Waals surface area contributed by atoms with Crippen LogP contribution in [-0.2, 0) is 9.47 Å². The van der Waals surface area contributed by atoms with Gasteiger partial charge in [-0.1, -0.05) is 11.8 Å². The summed E-state index contributed by atoms with van der Waals surface area (Å²) in [4.78, 5) is 0. The Kier molecular flexibility index (Phi) is 7.27. The van der Waals surface area contributed by atoms with Gasteiger partial charge in [0.2, 0.25) is 0 Å². The van der Waals surface area contributed by atoms with Gasteiger partial charge in [-0.15, -0.1) is 0 Å².